The summed E-state index contributed by atoms with van der Waals surface area (Å²) in [5, 5.41) is 4.04. The second-order valence-corrected chi connectivity index (χ2v) is 3.94. The Hall–Kier alpha value is -2.55. The van der Waals surface area contributed by atoms with Crippen molar-refractivity contribution in [2.45, 2.75) is 0 Å². The molecule has 4 heterocycles. The van der Waals surface area contributed by atoms with Crippen LogP contribution in [0.5, 0.6) is 0 Å². The molecule has 18 heavy (non-hydrogen) atoms. The van der Waals surface area contributed by atoms with Crippen molar-refractivity contribution >= 4 is 11.0 Å². The fraction of sp³-hybridized carbons (Fsp3) is 0. The molecule has 0 spiro atoms. The van der Waals surface area contributed by atoms with Crippen LogP contribution in [0.15, 0.2) is 79.4 Å². The lowest BCUT2D eigenvalue weighted by molar-refractivity contribution is 0.961. The first-order valence-corrected chi connectivity index (χ1v) is 5.83. The van der Waals surface area contributed by atoms with Gasteiger partial charge in [0.05, 0.1) is 5.52 Å². The predicted molar refractivity (Wildman–Crippen MR) is 72.6 cm³/mol. The van der Waals surface area contributed by atoms with Crippen molar-refractivity contribution in [1.29, 1.82) is 0 Å². The molecule has 0 bridgehead atoms. The molecule has 0 radical (unpaired) electrons. The Morgan fingerprint density at radius 1 is 0.667 bits per heavy atom. The first kappa shape index (κ1) is 10.6. The molecule has 3 nitrogen and oxygen atoms in total. The average molecular weight is 235 g/mol. The van der Waals surface area contributed by atoms with E-state index in [2.05, 4.69) is 21.6 Å². The van der Waals surface area contributed by atoms with Crippen molar-refractivity contribution in [2.75, 3.05) is 0 Å². The molecule has 4 rings (SSSR count). The molecule has 0 unspecified atom stereocenters. The molecule has 88 valence electrons. The van der Waals surface area contributed by atoms with Gasteiger partial charge < -0.3 is 4.40 Å². The van der Waals surface area contributed by atoms with E-state index >= 15 is 0 Å². The summed E-state index contributed by atoms with van der Waals surface area (Å²) in [6.07, 6.45) is 7.79. The number of fused-ring (bicyclic) bond motifs is 2. The van der Waals surface area contributed by atoms with Crippen molar-refractivity contribution in [3.8, 4) is 0 Å². The summed E-state index contributed by atoms with van der Waals surface area (Å²) in [5.74, 6) is 0. The first-order chi connectivity index (χ1) is 8.93. The van der Waals surface area contributed by atoms with E-state index in [1.807, 2.05) is 65.6 Å². The summed E-state index contributed by atoms with van der Waals surface area (Å²) in [5.41, 5.74) is 2.38. The zero-order valence-electron chi connectivity index (χ0n) is 9.85. The fourth-order valence-corrected chi connectivity index (χ4v) is 1.85. The van der Waals surface area contributed by atoms with Crippen LogP contribution in [0.25, 0.3) is 11.0 Å². The van der Waals surface area contributed by atoms with E-state index in [0.29, 0.717) is 0 Å². The van der Waals surface area contributed by atoms with E-state index in [1.54, 1.807) is 6.20 Å². The first-order valence-electron chi connectivity index (χ1n) is 5.83. The third-order valence-corrected chi connectivity index (χ3v) is 2.74. The molecule has 0 saturated heterocycles. The minimum Gasteiger partial charge on any atom is -0.324 e. The second kappa shape index (κ2) is 4.75. The van der Waals surface area contributed by atoms with Crippen molar-refractivity contribution in [1.82, 2.24) is 14.0 Å². The SMILES string of the molecule is c1ccn2cccc2c1.c1ccn2nccc2c1. The highest BCUT2D eigenvalue weighted by Gasteiger charge is 1.85. The summed E-state index contributed by atoms with van der Waals surface area (Å²) in [4.78, 5) is 0. The number of hydrogen-bond acceptors (Lipinski definition) is 1. The average Bonchev–Trinajstić information content (AvgIpc) is 3.08. The van der Waals surface area contributed by atoms with Crippen LogP contribution in [0.3, 0.4) is 0 Å². The maximum Gasteiger partial charge on any atom is 0.0661 e. The normalized spacial score (nSPS) is 10.2. The minimum absolute atomic E-state index is 1.14. The van der Waals surface area contributed by atoms with E-state index < -0.39 is 0 Å². The Balaban J connectivity index is 0.000000111. The lowest BCUT2D eigenvalue weighted by Crippen LogP contribution is -1.81. The Kier molecular flexibility index (Phi) is 2.80. The van der Waals surface area contributed by atoms with Gasteiger partial charge in [-0.05, 0) is 42.5 Å². The number of hydrogen-bond donors (Lipinski definition) is 0. The van der Waals surface area contributed by atoms with Crippen LogP contribution in [0.4, 0.5) is 0 Å². The van der Waals surface area contributed by atoms with Crippen LogP contribution < -0.4 is 0 Å². The Bertz CT molecular complexity index is 626. The Labute approximate surface area is 105 Å². The molecular weight excluding hydrogens is 222 g/mol. The lowest BCUT2D eigenvalue weighted by Gasteiger charge is -1.88. The zero-order valence-corrected chi connectivity index (χ0v) is 9.85. The molecule has 0 aliphatic carbocycles. The van der Waals surface area contributed by atoms with Gasteiger partial charge in [0.25, 0.3) is 0 Å². The van der Waals surface area contributed by atoms with Crippen LogP contribution >= 0.6 is 0 Å². The summed E-state index contributed by atoms with van der Waals surface area (Å²) >= 11 is 0. The molecule has 3 heteroatoms. The molecule has 0 saturated carbocycles. The van der Waals surface area contributed by atoms with Gasteiger partial charge in [0.15, 0.2) is 0 Å². The zero-order chi connectivity index (χ0) is 12.2. The van der Waals surface area contributed by atoms with Crippen molar-refractivity contribution in [3.63, 3.8) is 0 Å². The molecule has 0 aliphatic heterocycles. The highest BCUT2D eigenvalue weighted by molar-refractivity contribution is 5.46. The van der Waals surface area contributed by atoms with E-state index in [0.717, 1.165) is 5.52 Å². The molecular formula is C15H13N3. The molecule has 4 aromatic heterocycles. The molecule has 0 fully saturated rings. The minimum atomic E-state index is 1.14. The van der Waals surface area contributed by atoms with E-state index in [-0.39, 0.29) is 0 Å². The monoisotopic (exact) mass is 235 g/mol. The van der Waals surface area contributed by atoms with Crippen LogP contribution in [0.2, 0.25) is 0 Å². The smallest absolute Gasteiger partial charge is 0.0661 e. The van der Waals surface area contributed by atoms with Gasteiger partial charge in [0, 0.05) is 30.3 Å². The summed E-state index contributed by atoms with van der Waals surface area (Å²) in [6, 6.07) is 18.2. The molecule has 0 N–H and O–H groups in total. The highest BCUT2D eigenvalue weighted by atomic mass is 15.2. The van der Waals surface area contributed by atoms with E-state index in [4.69, 9.17) is 0 Å². The third kappa shape index (κ3) is 2.11. The quantitative estimate of drug-likeness (QED) is 0.458. The van der Waals surface area contributed by atoms with Gasteiger partial charge in [-0.25, -0.2) is 4.52 Å². The van der Waals surface area contributed by atoms with Crippen LogP contribution in [-0.2, 0) is 0 Å². The van der Waals surface area contributed by atoms with E-state index in [9.17, 15) is 0 Å². The number of rotatable bonds is 0. The molecule has 4 aromatic rings. The third-order valence-electron chi connectivity index (χ3n) is 2.74. The Morgan fingerprint density at radius 3 is 2.22 bits per heavy atom. The number of pyridine rings is 2. The van der Waals surface area contributed by atoms with Gasteiger partial charge in [-0.15, -0.1) is 0 Å². The van der Waals surface area contributed by atoms with Crippen molar-refractivity contribution < 1.29 is 0 Å². The van der Waals surface area contributed by atoms with Gasteiger partial charge in [-0.1, -0.05) is 12.1 Å². The molecule has 0 aliphatic rings. The lowest BCUT2D eigenvalue weighted by atomic mass is 10.4. The summed E-state index contributed by atoms with van der Waals surface area (Å²) in [6.45, 7) is 0. The molecule has 0 amide bonds. The largest absolute Gasteiger partial charge is 0.324 e. The van der Waals surface area contributed by atoms with Gasteiger partial charge in [0.2, 0.25) is 0 Å². The Morgan fingerprint density at radius 2 is 1.39 bits per heavy atom. The summed E-state index contributed by atoms with van der Waals surface area (Å²) < 4.78 is 3.92. The van der Waals surface area contributed by atoms with Crippen molar-refractivity contribution in [2.24, 2.45) is 0 Å². The van der Waals surface area contributed by atoms with Crippen molar-refractivity contribution in [3.05, 3.63) is 79.4 Å². The molecule has 0 atom stereocenters. The maximum absolute atomic E-state index is 4.04. The second-order valence-electron chi connectivity index (χ2n) is 3.94. The fourth-order valence-electron chi connectivity index (χ4n) is 1.85. The van der Waals surface area contributed by atoms with Crippen LogP contribution in [0.1, 0.15) is 0 Å². The van der Waals surface area contributed by atoms with Crippen LogP contribution in [0, 0.1) is 0 Å². The topological polar surface area (TPSA) is 21.7 Å². The predicted octanol–water partition coefficient (Wildman–Crippen LogP) is 3.27. The standard InChI is InChI=1S/C8H7N.C7H6N2/c1-2-6-9-7-3-5-8(9)4-1;1-2-6-9-7(3-1)4-5-8-9/h1-7H;1-6H. The number of nitrogens with zero attached hydrogens (tertiary/aromatic N) is 3. The van der Waals surface area contributed by atoms with Gasteiger partial charge >= 0.3 is 0 Å². The van der Waals surface area contributed by atoms with Crippen LogP contribution in [-0.4, -0.2) is 14.0 Å². The highest BCUT2D eigenvalue weighted by Crippen LogP contribution is 2.01. The van der Waals surface area contributed by atoms with E-state index in [1.165, 1.54) is 5.52 Å². The maximum atomic E-state index is 4.04. The van der Waals surface area contributed by atoms with Gasteiger partial charge in [-0.2, -0.15) is 5.10 Å². The molecule has 0 aromatic carbocycles. The summed E-state index contributed by atoms with van der Waals surface area (Å²) in [7, 11) is 0. The van der Waals surface area contributed by atoms with Gasteiger partial charge in [-0.3, -0.25) is 0 Å². The number of aromatic nitrogens is 3. The van der Waals surface area contributed by atoms with Gasteiger partial charge in [0.1, 0.15) is 0 Å².